The van der Waals surface area contributed by atoms with Crippen molar-refractivity contribution in [3.8, 4) is 11.4 Å². The Morgan fingerprint density at radius 3 is 2.25 bits per heavy atom. The average Bonchev–Trinajstić information content (AvgIpc) is 3.17. The maximum Gasteiger partial charge on any atom is 0.253 e. The number of carbonyl (C=O) groups excluding carboxylic acids is 1. The number of nitrogens with zero attached hydrogens (tertiary/aromatic N) is 4. The quantitative estimate of drug-likeness (QED) is 0.337. The van der Waals surface area contributed by atoms with Gasteiger partial charge in [0.2, 0.25) is 0 Å². The molecule has 0 radical (unpaired) electrons. The normalized spacial score (nSPS) is 13.9. The first-order valence-electron chi connectivity index (χ1n) is 12.3. The first-order valence-corrected chi connectivity index (χ1v) is 12.7. The maximum atomic E-state index is 13.1. The van der Waals surface area contributed by atoms with Gasteiger partial charge in [-0.1, -0.05) is 72.3 Å². The molecule has 4 aromatic rings. The number of hydrogen-bond donors (Lipinski definition) is 0. The summed E-state index contributed by atoms with van der Waals surface area (Å²) < 4.78 is 0. The average molecular weight is 497 g/mol. The summed E-state index contributed by atoms with van der Waals surface area (Å²) in [6, 6.07) is 27.7. The molecule has 0 bridgehead atoms. The van der Waals surface area contributed by atoms with Crippen molar-refractivity contribution < 1.29 is 4.79 Å². The van der Waals surface area contributed by atoms with E-state index in [2.05, 4.69) is 36.1 Å². The molecule has 0 spiro atoms. The number of hydrogen-bond acceptors (Lipinski definition) is 4. The molecule has 1 fully saturated rings. The second-order valence-corrected chi connectivity index (χ2v) is 9.54. The zero-order valence-electron chi connectivity index (χ0n) is 20.4. The molecule has 1 aliphatic heterocycles. The Morgan fingerprint density at radius 2 is 1.53 bits per heavy atom. The molecule has 0 aliphatic carbocycles. The molecule has 3 aromatic carbocycles. The first-order chi connectivity index (χ1) is 17.6. The van der Waals surface area contributed by atoms with Crippen molar-refractivity contribution in [3.63, 3.8) is 0 Å². The highest BCUT2D eigenvalue weighted by molar-refractivity contribution is 6.30. The molecular formula is C30H29ClN4O. The predicted molar refractivity (Wildman–Crippen MR) is 146 cm³/mol. The van der Waals surface area contributed by atoms with Crippen molar-refractivity contribution in [2.45, 2.75) is 19.8 Å². The van der Waals surface area contributed by atoms with Crippen molar-refractivity contribution in [1.82, 2.24) is 14.9 Å². The van der Waals surface area contributed by atoms with Crippen LogP contribution in [0, 0.1) is 6.92 Å². The van der Waals surface area contributed by atoms with E-state index in [9.17, 15) is 4.79 Å². The zero-order valence-corrected chi connectivity index (χ0v) is 21.2. The van der Waals surface area contributed by atoms with Crippen LogP contribution in [0.3, 0.4) is 0 Å². The van der Waals surface area contributed by atoms with Crippen LogP contribution in [0.1, 0.15) is 33.6 Å². The smallest absolute Gasteiger partial charge is 0.253 e. The van der Waals surface area contributed by atoms with Crippen LogP contribution < -0.4 is 4.90 Å². The summed E-state index contributed by atoms with van der Waals surface area (Å²) in [7, 11) is 0. The van der Waals surface area contributed by atoms with Crippen LogP contribution in [0.4, 0.5) is 5.82 Å². The number of rotatable bonds is 5. The van der Waals surface area contributed by atoms with E-state index in [0.717, 1.165) is 47.8 Å². The lowest BCUT2D eigenvalue weighted by molar-refractivity contribution is 0.0767. The molecule has 0 N–H and O–H groups in total. The Balaban J connectivity index is 1.45. The highest BCUT2D eigenvalue weighted by Gasteiger charge is 2.24. The number of aryl methyl sites for hydroxylation is 1. The molecule has 0 saturated carbocycles. The lowest BCUT2D eigenvalue weighted by Gasteiger charge is -2.26. The van der Waals surface area contributed by atoms with Gasteiger partial charge in [-0.3, -0.25) is 4.79 Å². The molecular weight excluding hydrogens is 468 g/mol. The summed E-state index contributed by atoms with van der Waals surface area (Å²) in [5, 5.41) is 0.632. The van der Waals surface area contributed by atoms with E-state index in [1.165, 1.54) is 5.56 Å². The fourth-order valence-corrected chi connectivity index (χ4v) is 4.80. The Bertz CT molecular complexity index is 1330. The Labute approximate surface area is 217 Å². The third-order valence-corrected chi connectivity index (χ3v) is 6.87. The fraction of sp³-hybridized carbons (Fsp3) is 0.233. The number of aromatic nitrogens is 2. The van der Waals surface area contributed by atoms with Crippen molar-refractivity contribution in [1.29, 1.82) is 0 Å². The highest BCUT2D eigenvalue weighted by atomic mass is 35.5. The molecule has 182 valence electrons. The molecule has 1 aliphatic rings. The molecule has 0 atom stereocenters. The first kappa shape index (κ1) is 24.0. The summed E-state index contributed by atoms with van der Waals surface area (Å²) in [5.74, 6) is 1.74. The van der Waals surface area contributed by atoms with Gasteiger partial charge in [0, 0.05) is 60.0 Å². The number of benzene rings is 3. The minimum Gasteiger partial charge on any atom is -0.354 e. The van der Waals surface area contributed by atoms with Crippen LogP contribution in [0.15, 0.2) is 84.9 Å². The van der Waals surface area contributed by atoms with Gasteiger partial charge in [0.25, 0.3) is 5.91 Å². The summed E-state index contributed by atoms with van der Waals surface area (Å²) in [6.45, 7) is 4.96. The van der Waals surface area contributed by atoms with Crippen molar-refractivity contribution >= 4 is 23.3 Å². The van der Waals surface area contributed by atoms with Gasteiger partial charge in [-0.2, -0.15) is 0 Å². The summed E-state index contributed by atoms with van der Waals surface area (Å²) in [5.41, 5.74) is 5.02. The van der Waals surface area contributed by atoms with Crippen LogP contribution in [-0.4, -0.2) is 47.0 Å². The molecule has 0 unspecified atom stereocenters. The summed E-state index contributed by atoms with van der Waals surface area (Å²) in [6.07, 6.45) is 1.63. The molecule has 1 aromatic heterocycles. The summed E-state index contributed by atoms with van der Waals surface area (Å²) in [4.78, 5) is 27.4. The lowest BCUT2D eigenvalue weighted by Crippen LogP contribution is -2.35. The van der Waals surface area contributed by atoms with Crippen LogP contribution in [0.5, 0.6) is 0 Å². The van der Waals surface area contributed by atoms with Crippen molar-refractivity contribution in [3.05, 3.63) is 112 Å². The zero-order chi connectivity index (χ0) is 24.9. The van der Waals surface area contributed by atoms with E-state index in [0.29, 0.717) is 30.2 Å². The monoisotopic (exact) mass is 496 g/mol. The second-order valence-electron chi connectivity index (χ2n) is 9.10. The van der Waals surface area contributed by atoms with E-state index in [-0.39, 0.29) is 5.91 Å². The Kier molecular flexibility index (Phi) is 7.28. The predicted octanol–water partition coefficient (Wildman–Crippen LogP) is 6.05. The largest absolute Gasteiger partial charge is 0.354 e. The van der Waals surface area contributed by atoms with E-state index in [1.807, 2.05) is 41.3 Å². The SMILES string of the molecule is Cc1nc(-c2ccccc2)nc(N2CCCN(C(=O)c3ccc(Cl)cc3)CC2)c1Cc1ccccc1. The molecule has 2 heterocycles. The van der Waals surface area contributed by atoms with Gasteiger partial charge in [0.1, 0.15) is 5.82 Å². The van der Waals surface area contributed by atoms with Gasteiger partial charge in [0.05, 0.1) is 0 Å². The third kappa shape index (κ3) is 5.42. The van der Waals surface area contributed by atoms with E-state index in [4.69, 9.17) is 21.6 Å². The van der Waals surface area contributed by atoms with Gasteiger partial charge in [-0.25, -0.2) is 9.97 Å². The Hall–Kier alpha value is -3.70. The lowest BCUT2D eigenvalue weighted by atomic mass is 10.0. The number of anilines is 1. The van der Waals surface area contributed by atoms with Crippen LogP contribution in [0.25, 0.3) is 11.4 Å². The minimum absolute atomic E-state index is 0.0434. The second kappa shape index (κ2) is 10.9. The minimum atomic E-state index is 0.0434. The number of carbonyl (C=O) groups is 1. The molecule has 36 heavy (non-hydrogen) atoms. The number of halogens is 1. The van der Waals surface area contributed by atoms with Crippen LogP contribution in [-0.2, 0) is 6.42 Å². The van der Waals surface area contributed by atoms with Crippen LogP contribution >= 0.6 is 11.6 Å². The standard InChI is InChI=1S/C30H29ClN4O/c1-22-27(21-23-9-4-2-5-10-23)29(33-28(32-22)24-11-6-3-7-12-24)34-17-8-18-35(20-19-34)30(36)25-13-15-26(31)16-14-25/h2-7,9-16H,8,17-21H2,1H3. The van der Waals surface area contributed by atoms with Gasteiger partial charge in [-0.05, 0) is 43.2 Å². The Morgan fingerprint density at radius 1 is 0.833 bits per heavy atom. The van der Waals surface area contributed by atoms with E-state index < -0.39 is 0 Å². The highest BCUT2D eigenvalue weighted by Crippen LogP contribution is 2.28. The molecule has 5 nitrogen and oxygen atoms in total. The van der Waals surface area contributed by atoms with Gasteiger partial charge < -0.3 is 9.80 Å². The molecule has 1 amide bonds. The maximum absolute atomic E-state index is 13.1. The molecule has 6 heteroatoms. The van der Waals surface area contributed by atoms with Gasteiger partial charge >= 0.3 is 0 Å². The fourth-order valence-electron chi connectivity index (χ4n) is 4.67. The van der Waals surface area contributed by atoms with Crippen LogP contribution in [0.2, 0.25) is 5.02 Å². The number of amides is 1. The molecule has 1 saturated heterocycles. The topological polar surface area (TPSA) is 49.3 Å². The molecule has 5 rings (SSSR count). The third-order valence-electron chi connectivity index (χ3n) is 6.62. The van der Waals surface area contributed by atoms with Crippen molar-refractivity contribution in [2.75, 3.05) is 31.1 Å². The van der Waals surface area contributed by atoms with E-state index in [1.54, 1.807) is 24.3 Å². The van der Waals surface area contributed by atoms with Gasteiger partial charge in [-0.15, -0.1) is 0 Å². The van der Waals surface area contributed by atoms with Crippen molar-refractivity contribution in [2.24, 2.45) is 0 Å². The van der Waals surface area contributed by atoms with E-state index >= 15 is 0 Å². The summed E-state index contributed by atoms with van der Waals surface area (Å²) >= 11 is 6.01. The van der Waals surface area contributed by atoms with Gasteiger partial charge in [0.15, 0.2) is 5.82 Å².